The summed E-state index contributed by atoms with van der Waals surface area (Å²) >= 11 is 0. The molecule has 5 rings (SSSR count). The highest BCUT2D eigenvalue weighted by Crippen LogP contribution is 2.36. The summed E-state index contributed by atoms with van der Waals surface area (Å²) in [7, 11) is -7.27. The van der Waals surface area contributed by atoms with Gasteiger partial charge in [-0.3, -0.25) is 9.40 Å². The summed E-state index contributed by atoms with van der Waals surface area (Å²) < 4.78 is 71.2. The Hall–Kier alpha value is -3.88. The number of aromatic nitrogens is 4. The first kappa shape index (κ1) is 30.6. The van der Waals surface area contributed by atoms with Gasteiger partial charge in [-0.25, -0.2) is 35.5 Å². The number of halogens is 1. The van der Waals surface area contributed by atoms with Crippen LogP contribution in [0.3, 0.4) is 0 Å². The summed E-state index contributed by atoms with van der Waals surface area (Å²) in [6.07, 6.45) is 5.79. The van der Waals surface area contributed by atoms with E-state index < -0.39 is 31.4 Å². The average Bonchev–Trinajstić information content (AvgIpc) is 3.41. The van der Waals surface area contributed by atoms with Crippen LogP contribution in [0, 0.1) is 5.82 Å². The van der Waals surface area contributed by atoms with Gasteiger partial charge in [0.15, 0.2) is 5.82 Å². The third-order valence-corrected chi connectivity index (χ3v) is 9.83. The van der Waals surface area contributed by atoms with Crippen molar-refractivity contribution in [1.29, 1.82) is 0 Å². The number of anilines is 2. The molecule has 0 saturated carbocycles. The maximum Gasteiger partial charge on any atom is 0.261 e. The molecule has 3 heterocycles. The average molecular weight is 628 g/mol. The van der Waals surface area contributed by atoms with Gasteiger partial charge in [0, 0.05) is 42.7 Å². The van der Waals surface area contributed by atoms with Crippen molar-refractivity contribution in [3.8, 4) is 22.5 Å². The molecule has 0 radical (unpaired) electrons. The SMILES string of the molecule is CC(C)(C)n1cc(-c2ccnc(NC3CCN(S(C)(=O)=O)CC3)n2)c(-c2cccc(NS(=O)(=O)c3ccccc3)c2F)n1. The molecule has 228 valence electrons. The van der Waals surface area contributed by atoms with Gasteiger partial charge in [0.2, 0.25) is 16.0 Å². The third kappa shape index (κ3) is 6.86. The zero-order valence-corrected chi connectivity index (χ0v) is 26.0. The molecule has 2 N–H and O–H groups in total. The lowest BCUT2D eigenvalue weighted by Gasteiger charge is -2.30. The van der Waals surface area contributed by atoms with Gasteiger partial charge in [-0.15, -0.1) is 0 Å². The molecule has 1 aliphatic rings. The van der Waals surface area contributed by atoms with E-state index in [1.807, 2.05) is 20.8 Å². The van der Waals surface area contributed by atoms with Gasteiger partial charge in [0.1, 0.15) is 5.69 Å². The molecule has 1 saturated heterocycles. The normalized spacial score (nSPS) is 15.4. The number of hydrogen-bond acceptors (Lipinski definition) is 8. The van der Waals surface area contributed by atoms with Crippen LogP contribution in [0.1, 0.15) is 33.6 Å². The number of sulfonamides is 2. The van der Waals surface area contributed by atoms with Crippen LogP contribution in [0.25, 0.3) is 22.5 Å². The van der Waals surface area contributed by atoms with Crippen LogP contribution < -0.4 is 10.0 Å². The van der Waals surface area contributed by atoms with Gasteiger partial charge in [0.05, 0.1) is 28.1 Å². The lowest BCUT2D eigenvalue weighted by Crippen LogP contribution is -2.42. The first-order valence-corrected chi connectivity index (χ1v) is 17.1. The summed E-state index contributed by atoms with van der Waals surface area (Å²) in [5, 5.41) is 8.02. The second-order valence-corrected chi connectivity index (χ2v) is 15.1. The van der Waals surface area contributed by atoms with Crippen molar-refractivity contribution in [2.24, 2.45) is 0 Å². The Bertz CT molecular complexity index is 1830. The fraction of sp³-hybridized carbons (Fsp3) is 0.345. The molecule has 2 aromatic heterocycles. The Morgan fingerprint density at radius 3 is 2.28 bits per heavy atom. The Morgan fingerprint density at radius 1 is 0.930 bits per heavy atom. The van der Waals surface area contributed by atoms with E-state index in [0.29, 0.717) is 48.8 Å². The Labute approximate surface area is 251 Å². The molecular formula is C29H34FN7O4S2. The molecule has 2 aromatic carbocycles. The number of hydrogen-bond donors (Lipinski definition) is 2. The lowest BCUT2D eigenvalue weighted by atomic mass is 10.0. The zero-order chi connectivity index (χ0) is 31.0. The molecule has 4 aromatic rings. The summed E-state index contributed by atoms with van der Waals surface area (Å²) in [4.78, 5) is 9.06. The fourth-order valence-electron chi connectivity index (χ4n) is 4.79. The van der Waals surface area contributed by atoms with Crippen molar-refractivity contribution >= 4 is 31.7 Å². The molecule has 0 bridgehead atoms. The van der Waals surface area contributed by atoms with Crippen LogP contribution >= 0.6 is 0 Å². The van der Waals surface area contributed by atoms with Crippen molar-refractivity contribution in [3.63, 3.8) is 0 Å². The standard InChI is InChI=1S/C29H34FN7O4S2/c1-29(2,3)37-19-23(24-13-16-31-28(33-24)32-20-14-17-36(18-15-20)42(4,38)39)27(34-37)22-11-8-12-25(26(22)30)35-43(40,41)21-9-6-5-7-10-21/h5-13,16,19-20,35H,14-15,17-18H2,1-4H3,(H,31,32,33). The van der Waals surface area contributed by atoms with Gasteiger partial charge >= 0.3 is 0 Å². The molecule has 11 nitrogen and oxygen atoms in total. The second kappa shape index (κ2) is 11.7. The van der Waals surface area contributed by atoms with Crippen molar-refractivity contribution in [2.45, 2.75) is 50.1 Å². The molecule has 0 spiro atoms. The number of benzene rings is 2. The van der Waals surface area contributed by atoms with Crippen LogP contribution in [-0.4, -0.2) is 66.3 Å². The molecule has 1 fully saturated rings. The van der Waals surface area contributed by atoms with Crippen molar-refractivity contribution in [1.82, 2.24) is 24.1 Å². The summed E-state index contributed by atoms with van der Waals surface area (Å²) in [5.74, 6) is -0.415. The monoisotopic (exact) mass is 627 g/mol. The van der Waals surface area contributed by atoms with Crippen LogP contribution in [0.15, 0.2) is 71.9 Å². The molecule has 43 heavy (non-hydrogen) atoms. The van der Waals surface area contributed by atoms with E-state index in [4.69, 9.17) is 10.1 Å². The van der Waals surface area contributed by atoms with E-state index in [0.717, 1.165) is 0 Å². The lowest BCUT2D eigenvalue weighted by molar-refractivity contribution is 0.331. The minimum Gasteiger partial charge on any atom is -0.351 e. The van der Waals surface area contributed by atoms with Gasteiger partial charge in [-0.05, 0) is 63.9 Å². The first-order valence-electron chi connectivity index (χ1n) is 13.7. The zero-order valence-electron chi connectivity index (χ0n) is 24.3. The molecule has 1 aliphatic heterocycles. The topological polar surface area (TPSA) is 139 Å². The van der Waals surface area contributed by atoms with Crippen molar-refractivity contribution in [3.05, 3.63) is 72.8 Å². The number of nitrogens with zero attached hydrogens (tertiary/aromatic N) is 5. The van der Waals surface area contributed by atoms with E-state index in [2.05, 4.69) is 15.0 Å². The Kier molecular flexibility index (Phi) is 8.29. The predicted octanol–water partition coefficient (Wildman–Crippen LogP) is 4.54. The van der Waals surface area contributed by atoms with E-state index >= 15 is 4.39 Å². The highest BCUT2D eigenvalue weighted by Gasteiger charge is 2.27. The maximum atomic E-state index is 16.0. The van der Waals surface area contributed by atoms with E-state index in [1.54, 1.807) is 53.5 Å². The predicted molar refractivity (Wildman–Crippen MR) is 164 cm³/mol. The van der Waals surface area contributed by atoms with Gasteiger partial charge in [-0.2, -0.15) is 5.10 Å². The molecule has 0 unspecified atom stereocenters. The van der Waals surface area contributed by atoms with Crippen molar-refractivity contribution < 1.29 is 21.2 Å². The third-order valence-electron chi connectivity index (χ3n) is 7.14. The first-order chi connectivity index (χ1) is 20.2. The van der Waals surface area contributed by atoms with Crippen molar-refractivity contribution in [2.75, 3.05) is 29.4 Å². The highest BCUT2D eigenvalue weighted by molar-refractivity contribution is 7.92. The number of rotatable bonds is 8. The van der Waals surface area contributed by atoms with Crippen LogP contribution in [-0.2, 0) is 25.6 Å². The van der Waals surface area contributed by atoms with Gasteiger partial charge < -0.3 is 5.32 Å². The smallest absolute Gasteiger partial charge is 0.261 e. The Balaban J connectivity index is 1.48. The summed E-state index contributed by atoms with van der Waals surface area (Å²) in [6, 6.07) is 13.9. The van der Waals surface area contributed by atoms with E-state index in [9.17, 15) is 16.8 Å². The summed E-state index contributed by atoms with van der Waals surface area (Å²) in [5.41, 5.74) is 0.771. The van der Waals surface area contributed by atoms with Crippen LogP contribution in [0.5, 0.6) is 0 Å². The number of nitrogens with one attached hydrogen (secondary N) is 2. The van der Waals surface area contributed by atoms with E-state index in [1.165, 1.54) is 28.8 Å². The molecule has 0 amide bonds. The molecule has 0 atom stereocenters. The highest BCUT2D eigenvalue weighted by atomic mass is 32.2. The van der Waals surface area contributed by atoms with Crippen LogP contribution in [0.4, 0.5) is 16.0 Å². The Morgan fingerprint density at radius 2 is 1.63 bits per heavy atom. The minimum atomic E-state index is -4.03. The van der Waals surface area contributed by atoms with Crippen LogP contribution in [0.2, 0.25) is 0 Å². The minimum absolute atomic E-state index is 0.0144. The molecule has 0 aliphatic carbocycles. The quantitative estimate of drug-likeness (QED) is 0.290. The fourth-order valence-corrected chi connectivity index (χ4v) is 6.75. The largest absolute Gasteiger partial charge is 0.351 e. The summed E-state index contributed by atoms with van der Waals surface area (Å²) in [6.45, 7) is 6.70. The van der Waals surface area contributed by atoms with Gasteiger partial charge in [-0.1, -0.05) is 24.3 Å². The number of piperidine rings is 1. The maximum absolute atomic E-state index is 16.0. The van der Waals surface area contributed by atoms with E-state index in [-0.39, 0.29) is 22.2 Å². The molecule has 14 heteroatoms. The molecular weight excluding hydrogens is 593 g/mol. The van der Waals surface area contributed by atoms with Gasteiger partial charge in [0.25, 0.3) is 10.0 Å². The second-order valence-electron chi connectivity index (χ2n) is 11.4.